The fourth-order valence-corrected chi connectivity index (χ4v) is 1.26. The van der Waals surface area contributed by atoms with Gasteiger partial charge < -0.3 is 10.1 Å². The van der Waals surface area contributed by atoms with Crippen molar-refractivity contribution in [1.29, 1.82) is 0 Å². The van der Waals surface area contributed by atoms with Crippen LogP contribution in [0.3, 0.4) is 0 Å². The lowest BCUT2D eigenvalue weighted by Gasteiger charge is -2.12. The van der Waals surface area contributed by atoms with E-state index in [0.29, 0.717) is 6.29 Å². The Morgan fingerprint density at radius 2 is 2.07 bits per heavy atom. The number of hydrogen-bond donors (Lipinski definition) is 2. The van der Waals surface area contributed by atoms with Crippen LogP contribution in [-0.4, -0.2) is 18.7 Å². The van der Waals surface area contributed by atoms with Gasteiger partial charge in [-0.05, 0) is 17.3 Å². The average molecular weight is 227 g/mol. The number of benzene rings is 1. The molecular weight excluding hydrogens is 216 g/mol. The summed E-state index contributed by atoms with van der Waals surface area (Å²) in [5.41, 5.74) is 0.746. The molecule has 0 saturated carbocycles. The van der Waals surface area contributed by atoms with Gasteiger partial charge >= 0.3 is 0 Å². The van der Waals surface area contributed by atoms with Crippen molar-refractivity contribution in [2.75, 3.05) is 6.54 Å². The second kappa shape index (κ2) is 6.16. The minimum Gasteiger partial charge on any atom is -0.341 e. The van der Waals surface area contributed by atoms with Crippen LogP contribution in [0.5, 0.6) is 0 Å². The highest BCUT2D eigenvalue weighted by atomic mass is 35.5. The number of amides is 1. The summed E-state index contributed by atoms with van der Waals surface area (Å²) in [5.74, 6) is -0.328. The minimum absolute atomic E-state index is 0.0290. The van der Waals surface area contributed by atoms with Gasteiger partial charge in [-0.2, -0.15) is 0 Å². The Hall–Kier alpha value is -1.39. The van der Waals surface area contributed by atoms with E-state index in [0.717, 1.165) is 5.56 Å². The molecule has 0 saturated heterocycles. The zero-order chi connectivity index (χ0) is 11.1. The molecule has 1 amide bonds. The van der Waals surface area contributed by atoms with E-state index in [-0.39, 0.29) is 12.5 Å². The van der Waals surface area contributed by atoms with Crippen molar-refractivity contribution in [3.8, 4) is 0 Å². The van der Waals surface area contributed by atoms with Crippen LogP contribution in [0.1, 0.15) is 11.6 Å². The van der Waals surface area contributed by atoms with Crippen molar-refractivity contribution in [3.63, 3.8) is 0 Å². The average Bonchev–Trinajstić information content (AvgIpc) is 2.27. The fraction of sp³-hybridized carbons (Fsp3) is 0.200. The molecule has 2 N–H and O–H groups in total. The van der Waals surface area contributed by atoms with Crippen LogP contribution in [-0.2, 0) is 9.59 Å². The second-order valence-electron chi connectivity index (χ2n) is 2.90. The van der Waals surface area contributed by atoms with Crippen molar-refractivity contribution in [2.24, 2.45) is 0 Å². The van der Waals surface area contributed by atoms with E-state index in [9.17, 15) is 9.59 Å². The molecule has 0 fully saturated rings. The summed E-state index contributed by atoms with van der Waals surface area (Å²) in [6.07, 6.45) is 0.682. The van der Waals surface area contributed by atoms with E-state index in [2.05, 4.69) is 10.2 Å². The Balaban J connectivity index is 2.65. The van der Waals surface area contributed by atoms with Gasteiger partial charge in [-0.1, -0.05) is 30.3 Å². The van der Waals surface area contributed by atoms with E-state index in [1.54, 1.807) is 24.3 Å². The molecule has 0 aliphatic heterocycles. The first-order valence-electron chi connectivity index (χ1n) is 4.41. The van der Waals surface area contributed by atoms with E-state index in [1.165, 1.54) is 0 Å². The van der Waals surface area contributed by atoms with Crippen molar-refractivity contribution in [1.82, 2.24) is 10.2 Å². The summed E-state index contributed by atoms with van der Waals surface area (Å²) in [4.78, 5) is 24.1. The molecule has 1 aromatic rings. The van der Waals surface area contributed by atoms with Crippen LogP contribution in [0.15, 0.2) is 30.3 Å². The Labute approximate surface area is 92.7 Å². The highest BCUT2D eigenvalue weighted by Gasteiger charge is 2.12. The van der Waals surface area contributed by atoms with Crippen LogP contribution < -0.4 is 10.2 Å². The third-order valence-corrected chi connectivity index (χ3v) is 1.97. The first-order valence-corrected chi connectivity index (χ1v) is 4.79. The van der Waals surface area contributed by atoms with E-state index >= 15 is 0 Å². The highest BCUT2D eigenvalue weighted by Crippen LogP contribution is 2.09. The molecular formula is C10H11ClN2O2. The quantitative estimate of drug-likeness (QED) is 0.577. The molecule has 0 aromatic heterocycles. The largest absolute Gasteiger partial charge is 0.341 e. The number of hydrogen-bond acceptors (Lipinski definition) is 3. The standard InChI is InChI=1S/C10H11ClN2O2/c11-12-6-10(15)13-9(7-14)8-4-2-1-3-5-8/h1-5,7,9,12H,6H2,(H,13,15)/t9-/m1/s1. The molecule has 5 heteroatoms. The summed E-state index contributed by atoms with van der Waals surface area (Å²) >= 11 is 5.17. The zero-order valence-electron chi connectivity index (χ0n) is 7.94. The van der Waals surface area contributed by atoms with Crippen LogP contribution in [0, 0.1) is 0 Å². The topological polar surface area (TPSA) is 58.2 Å². The summed E-state index contributed by atoms with van der Waals surface area (Å²) in [6, 6.07) is 8.37. The van der Waals surface area contributed by atoms with E-state index in [4.69, 9.17) is 11.8 Å². The lowest BCUT2D eigenvalue weighted by atomic mass is 10.1. The molecule has 1 aromatic carbocycles. The molecule has 0 unspecified atom stereocenters. The second-order valence-corrected chi connectivity index (χ2v) is 3.17. The van der Waals surface area contributed by atoms with Crippen molar-refractivity contribution < 1.29 is 9.59 Å². The normalized spacial score (nSPS) is 11.8. The summed E-state index contributed by atoms with van der Waals surface area (Å²) in [6.45, 7) is -0.0290. The van der Waals surface area contributed by atoms with Gasteiger partial charge in [0.15, 0.2) is 0 Å². The fourth-order valence-electron chi connectivity index (χ4n) is 1.14. The minimum atomic E-state index is -0.622. The van der Waals surface area contributed by atoms with Gasteiger partial charge in [0.1, 0.15) is 12.3 Å². The number of carbonyl (C=O) groups excluding carboxylic acids is 2. The van der Waals surface area contributed by atoms with Gasteiger partial charge in [-0.25, -0.2) is 4.84 Å². The van der Waals surface area contributed by atoms with Gasteiger partial charge in [-0.15, -0.1) is 0 Å². The summed E-state index contributed by atoms with van der Waals surface area (Å²) in [7, 11) is 0. The molecule has 4 nitrogen and oxygen atoms in total. The Morgan fingerprint density at radius 3 is 2.60 bits per heavy atom. The van der Waals surface area contributed by atoms with Gasteiger partial charge in [0.2, 0.25) is 5.91 Å². The summed E-state index contributed by atoms with van der Waals surface area (Å²) in [5, 5.41) is 2.53. The number of aldehydes is 1. The molecule has 80 valence electrons. The molecule has 0 radical (unpaired) electrons. The number of rotatable bonds is 5. The first kappa shape index (κ1) is 11.7. The molecule has 1 rings (SSSR count). The molecule has 0 aliphatic rings. The third-order valence-electron chi connectivity index (χ3n) is 1.84. The zero-order valence-corrected chi connectivity index (χ0v) is 8.70. The van der Waals surface area contributed by atoms with Gasteiger partial charge in [0.05, 0.1) is 6.54 Å². The maximum atomic E-state index is 11.2. The van der Waals surface area contributed by atoms with Crippen LogP contribution >= 0.6 is 11.8 Å². The van der Waals surface area contributed by atoms with Crippen molar-refractivity contribution in [3.05, 3.63) is 35.9 Å². The van der Waals surface area contributed by atoms with Crippen LogP contribution in [0.4, 0.5) is 0 Å². The van der Waals surface area contributed by atoms with Gasteiger partial charge in [-0.3, -0.25) is 4.79 Å². The molecule has 0 aliphatic carbocycles. The highest BCUT2D eigenvalue weighted by molar-refractivity contribution is 6.14. The van der Waals surface area contributed by atoms with E-state index in [1.807, 2.05) is 6.07 Å². The van der Waals surface area contributed by atoms with Crippen molar-refractivity contribution >= 4 is 24.0 Å². The third kappa shape index (κ3) is 3.69. The maximum Gasteiger partial charge on any atom is 0.236 e. The predicted molar refractivity (Wildman–Crippen MR) is 57.2 cm³/mol. The Kier molecular flexibility index (Phi) is 4.80. The Morgan fingerprint density at radius 1 is 1.40 bits per heavy atom. The lowest BCUT2D eigenvalue weighted by Crippen LogP contribution is -2.34. The molecule has 1 atom stereocenters. The maximum absolute atomic E-state index is 11.2. The first-order chi connectivity index (χ1) is 7.27. The predicted octanol–water partition coefficient (Wildman–Crippen LogP) is 0.786. The van der Waals surface area contributed by atoms with Crippen LogP contribution in [0.25, 0.3) is 0 Å². The van der Waals surface area contributed by atoms with Crippen molar-refractivity contribution in [2.45, 2.75) is 6.04 Å². The summed E-state index contributed by atoms with van der Waals surface area (Å²) < 4.78 is 0. The number of halogens is 1. The lowest BCUT2D eigenvalue weighted by molar-refractivity contribution is -0.123. The molecule has 0 bridgehead atoms. The molecule has 0 heterocycles. The SMILES string of the molecule is O=C[C@@H](NC(=O)CNCl)c1ccccc1. The number of carbonyl (C=O) groups is 2. The molecule has 15 heavy (non-hydrogen) atoms. The smallest absolute Gasteiger partial charge is 0.236 e. The monoisotopic (exact) mass is 226 g/mol. The Bertz CT molecular complexity index is 329. The van der Waals surface area contributed by atoms with Gasteiger partial charge in [0, 0.05) is 0 Å². The van der Waals surface area contributed by atoms with Gasteiger partial charge in [0.25, 0.3) is 0 Å². The van der Waals surface area contributed by atoms with Crippen LogP contribution in [0.2, 0.25) is 0 Å². The molecule has 0 spiro atoms. The van der Waals surface area contributed by atoms with E-state index < -0.39 is 6.04 Å². The number of nitrogens with one attached hydrogen (secondary N) is 2.